The van der Waals surface area contributed by atoms with Gasteiger partial charge in [-0.15, -0.1) is 0 Å². The van der Waals surface area contributed by atoms with Gasteiger partial charge in [-0.1, -0.05) is 11.6 Å². The highest BCUT2D eigenvalue weighted by atomic mass is 35.5. The predicted octanol–water partition coefficient (Wildman–Crippen LogP) is 3.39. The third-order valence-corrected chi connectivity index (χ3v) is 4.59. The van der Waals surface area contributed by atoms with Crippen LogP contribution in [0.25, 0.3) is 11.3 Å². The zero-order valence-corrected chi connectivity index (χ0v) is 14.4. The number of amides is 1. The molecule has 1 saturated heterocycles. The van der Waals surface area contributed by atoms with Gasteiger partial charge in [0.1, 0.15) is 0 Å². The van der Waals surface area contributed by atoms with Crippen LogP contribution in [0.1, 0.15) is 31.6 Å². The number of carboxylic acid groups (broad SMARTS) is 1. The summed E-state index contributed by atoms with van der Waals surface area (Å²) in [6, 6.07) is 7.05. The van der Waals surface area contributed by atoms with Gasteiger partial charge in [0.05, 0.1) is 12.6 Å². The summed E-state index contributed by atoms with van der Waals surface area (Å²) in [6.45, 7) is 0.623. The highest BCUT2D eigenvalue weighted by Crippen LogP contribution is 2.24. The Bertz CT molecular complexity index is 757. The van der Waals surface area contributed by atoms with E-state index in [0.717, 1.165) is 18.4 Å². The minimum absolute atomic E-state index is 0.00541. The number of nitrogens with zero attached hydrogens (tertiary/aromatic N) is 2. The minimum atomic E-state index is -0.870. The smallest absolute Gasteiger partial charge is 0.305 e. The van der Waals surface area contributed by atoms with E-state index >= 15 is 0 Å². The third kappa shape index (κ3) is 4.39. The van der Waals surface area contributed by atoms with E-state index in [1.54, 1.807) is 23.2 Å². The van der Waals surface area contributed by atoms with E-state index in [-0.39, 0.29) is 24.8 Å². The van der Waals surface area contributed by atoms with Gasteiger partial charge in [0, 0.05) is 36.0 Å². The first-order valence-corrected chi connectivity index (χ1v) is 8.62. The minimum Gasteiger partial charge on any atom is -0.481 e. The lowest BCUT2D eigenvalue weighted by Gasteiger charge is -2.23. The molecule has 3 rings (SSSR count). The van der Waals surface area contributed by atoms with E-state index in [0.29, 0.717) is 29.6 Å². The number of aliphatic carboxylic acids is 1. The Kier molecular flexibility index (Phi) is 5.38. The van der Waals surface area contributed by atoms with E-state index in [4.69, 9.17) is 21.1 Å². The Morgan fingerprint density at radius 1 is 1.32 bits per heavy atom. The molecule has 0 bridgehead atoms. The number of likely N-dealkylation sites (tertiary alicyclic amines) is 1. The number of benzene rings is 1. The molecule has 1 aromatic carbocycles. The van der Waals surface area contributed by atoms with E-state index in [9.17, 15) is 9.59 Å². The molecule has 132 valence electrons. The summed E-state index contributed by atoms with van der Waals surface area (Å²) in [6.07, 6.45) is 3.89. The maximum Gasteiger partial charge on any atom is 0.305 e. The molecule has 1 fully saturated rings. The van der Waals surface area contributed by atoms with Crippen molar-refractivity contribution >= 4 is 23.5 Å². The summed E-state index contributed by atoms with van der Waals surface area (Å²) in [4.78, 5) is 29.2. The largest absolute Gasteiger partial charge is 0.481 e. The number of hydrogen-bond acceptors (Lipinski definition) is 4. The zero-order valence-electron chi connectivity index (χ0n) is 13.7. The van der Waals surface area contributed by atoms with Gasteiger partial charge < -0.3 is 14.4 Å². The van der Waals surface area contributed by atoms with Crippen LogP contribution in [0.15, 0.2) is 34.9 Å². The summed E-state index contributed by atoms with van der Waals surface area (Å²) >= 11 is 5.87. The predicted molar refractivity (Wildman–Crippen MR) is 92.3 cm³/mol. The first-order chi connectivity index (χ1) is 12.0. The number of carboxylic acids is 1. The number of oxazole rings is 1. The number of halogens is 1. The van der Waals surface area contributed by atoms with Crippen molar-refractivity contribution in [3.05, 3.63) is 41.4 Å². The Labute approximate surface area is 150 Å². The number of hydrogen-bond donors (Lipinski definition) is 1. The van der Waals surface area contributed by atoms with Gasteiger partial charge in [-0.2, -0.15) is 0 Å². The van der Waals surface area contributed by atoms with Crippen molar-refractivity contribution in [2.24, 2.45) is 0 Å². The molecule has 1 atom stereocenters. The SMILES string of the molecule is O=C(O)C[C@@H]1CCCN1C(=O)CCc1ncc(-c2ccc(Cl)cc2)o1. The fraction of sp³-hybridized carbons (Fsp3) is 0.389. The van der Waals surface area contributed by atoms with Gasteiger partial charge in [-0.05, 0) is 37.1 Å². The lowest BCUT2D eigenvalue weighted by atomic mass is 10.1. The maximum atomic E-state index is 12.4. The summed E-state index contributed by atoms with van der Waals surface area (Å²) in [7, 11) is 0. The molecular formula is C18H19ClN2O4. The molecule has 1 N–H and O–H groups in total. The van der Waals surface area contributed by atoms with Crippen LogP contribution in [0, 0.1) is 0 Å². The quantitative estimate of drug-likeness (QED) is 0.851. The van der Waals surface area contributed by atoms with Crippen molar-refractivity contribution in [2.75, 3.05) is 6.54 Å². The van der Waals surface area contributed by atoms with Crippen molar-refractivity contribution in [3.63, 3.8) is 0 Å². The first-order valence-electron chi connectivity index (χ1n) is 8.25. The fourth-order valence-corrected chi connectivity index (χ4v) is 3.23. The number of carbonyl (C=O) groups excluding carboxylic acids is 1. The fourth-order valence-electron chi connectivity index (χ4n) is 3.11. The molecule has 0 radical (unpaired) electrons. The summed E-state index contributed by atoms with van der Waals surface area (Å²) in [5.74, 6) is 0.205. The Morgan fingerprint density at radius 3 is 2.80 bits per heavy atom. The maximum absolute atomic E-state index is 12.4. The molecular weight excluding hydrogens is 344 g/mol. The molecule has 1 aliphatic heterocycles. The Hall–Kier alpha value is -2.34. The average molecular weight is 363 g/mol. The normalized spacial score (nSPS) is 17.0. The van der Waals surface area contributed by atoms with Gasteiger partial charge in [0.25, 0.3) is 0 Å². The molecule has 7 heteroatoms. The number of aromatic nitrogens is 1. The average Bonchev–Trinajstić information content (AvgIpc) is 3.22. The van der Waals surface area contributed by atoms with Crippen LogP contribution in [-0.2, 0) is 16.0 Å². The van der Waals surface area contributed by atoms with E-state index in [1.807, 2.05) is 12.1 Å². The zero-order chi connectivity index (χ0) is 17.8. The summed E-state index contributed by atoms with van der Waals surface area (Å²) in [5, 5.41) is 9.59. The molecule has 0 spiro atoms. The second kappa shape index (κ2) is 7.70. The molecule has 0 saturated carbocycles. The van der Waals surface area contributed by atoms with Gasteiger partial charge in [0.2, 0.25) is 5.91 Å². The van der Waals surface area contributed by atoms with Crippen molar-refractivity contribution in [3.8, 4) is 11.3 Å². The second-order valence-corrected chi connectivity index (χ2v) is 6.54. The number of aryl methyl sites for hydroxylation is 1. The van der Waals surface area contributed by atoms with Crippen LogP contribution in [0.2, 0.25) is 5.02 Å². The molecule has 6 nitrogen and oxygen atoms in total. The van der Waals surface area contributed by atoms with Crippen LogP contribution in [0.3, 0.4) is 0 Å². The molecule has 1 amide bonds. The monoisotopic (exact) mass is 362 g/mol. The number of rotatable bonds is 6. The van der Waals surface area contributed by atoms with Crippen LogP contribution >= 0.6 is 11.6 Å². The first kappa shape index (κ1) is 17.5. The van der Waals surface area contributed by atoms with Crippen molar-refractivity contribution in [1.82, 2.24) is 9.88 Å². The molecule has 2 aromatic rings. The van der Waals surface area contributed by atoms with Crippen LogP contribution in [-0.4, -0.2) is 39.5 Å². The lowest BCUT2D eigenvalue weighted by molar-refractivity contribution is -0.139. The van der Waals surface area contributed by atoms with Gasteiger partial charge in [-0.25, -0.2) is 4.98 Å². The summed E-state index contributed by atoms with van der Waals surface area (Å²) in [5.41, 5.74) is 0.871. The Morgan fingerprint density at radius 2 is 2.08 bits per heavy atom. The van der Waals surface area contributed by atoms with Crippen molar-refractivity contribution < 1.29 is 19.1 Å². The third-order valence-electron chi connectivity index (χ3n) is 4.34. The molecule has 25 heavy (non-hydrogen) atoms. The lowest BCUT2D eigenvalue weighted by Crippen LogP contribution is -2.36. The van der Waals surface area contributed by atoms with Crippen LogP contribution < -0.4 is 0 Å². The molecule has 1 aromatic heterocycles. The highest BCUT2D eigenvalue weighted by Gasteiger charge is 2.30. The molecule has 0 aliphatic carbocycles. The van der Waals surface area contributed by atoms with Gasteiger partial charge in [-0.3, -0.25) is 9.59 Å². The molecule has 1 aliphatic rings. The second-order valence-electron chi connectivity index (χ2n) is 6.11. The molecule has 2 heterocycles. The van der Waals surface area contributed by atoms with E-state index in [1.165, 1.54) is 0 Å². The van der Waals surface area contributed by atoms with Crippen molar-refractivity contribution in [1.29, 1.82) is 0 Å². The van der Waals surface area contributed by atoms with Crippen LogP contribution in [0.5, 0.6) is 0 Å². The highest BCUT2D eigenvalue weighted by molar-refractivity contribution is 6.30. The number of carbonyl (C=O) groups is 2. The topological polar surface area (TPSA) is 83.6 Å². The Balaban J connectivity index is 1.57. The van der Waals surface area contributed by atoms with E-state index < -0.39 is 5.97 Å². The van der Waals surface area contributed by atoms with E-state index in [2.05, 4.69) is 4.98 Å². The van der Waals surface area contributed by atoms with Crippen molar-refractivity contribution in [2.45, 2.75) is 38.1 Å². The summed E-state index contributed by atoms with van der Waals surface area (Å²) < 4.78 is 5.69. The van der Waals surface area contributed by atoms with Crippen LogP contribution in [0.4, 0.5) is 0 Å². The van der Waals surface area contributed by atoms with Gasteiger partial charge >= 0.3 is 5.97 Å². The van der Waals surface area contributed by atoms with Gasteiger partial charge in [0.15, 0.2) is 11.7 Å². The molecule has 0 unspecified atom stereocenters. The standard InChI is InChI=1S/C18H19ClN2O4/c19-13-5-3-12(4-6-13)15-11-20-16(25-15)7-8-17(22)21-9-1-2-14(21)10-18(23)24/h3-6,11,14H,1-2,7-10H2,(H,23,24)/t14-/m0/s1.